The number of hydrogen-bond acceptors (Lipinski definition) is 1. The van der Waals surface area contributed by atoms with Gasteiger partial charge in [0.25, 0.3) is 0 Å². The van der Waals surface area contributed by atoms with Crippen molar-refractivity contribution in [3.8, 4) is 11.3 Å². The molecular formula is C24H23BClF4NO. The maximum atomic E-state index is 9.75. The fourth-order valence-electron chi connectivity index (χ4n) is 2.98. The van der Waals surface area contributed by atoms with E-state index in [0.717, 1.165) is 40.6 Å². The zero-order valence-corrected chi connectivity index (χ0v) is 18.3. The molecule has 3 rings (SSSR count). The summed E-state index contributed by atoms with van der Waals surface area (Å²) in [6.45, 7) is 6.60. The first-order valence-corrected chi connectivity index (χ1v) is 10.3. The molecule has 0 atom stereocenters. The average molecular weight is 464 g/mol. The predicted molar refractivity (Wildman–Crippen MR) is 124 cm³/mol. The van der Waals surface area contributed by atoms with Gasteiger partial charge in [0.15, 0.2) is 0 Å². The van der Waals surface area contributed by atoms with Crippen molar-refractivity contribution in [2.75, 3.05) is 6.54 Å². The number of allylic oxidation sites excluding steroid dienone is 4. The van der Waals surface area contributed by atoms with Crippen LogP contribution in [0, 0.1) is 0 Å². The lowest BCUT2D eigenvalue weighted by Gasteiger charge is -2.03. The topological polar surface area (TPSA) is 27.1 Å². The van der Waals surface area contributed by atoms with E-state index in [1.807, 2.05) is 79.7 Å². The standard InChI is InChI=1S/C24H22ClNO.BF4/c1-3-8-18(9-4-2)14-15-26-22-17-24(19-10-6-5-7-11-19)27-23-13-12-20(25)16-21(22)23;2-1(3,4)5/h3-13,16-17H,1,14-15H2,2H3;/q;-1/p+1. The molecule has 0 radical (unpaired) electrons. The average Bonchev–Trinajstić information content (AvgIpc) is 2.73. The molecule has 0 fully saturated rings. The Morgan fingerprint density at radius 3 is 2.41 bits per heavy atom. The number of halogens is 5. The van der Waals surface area contributed by atoms with E-state index in [1.165, 1.54) is 5.57 Å². The molecule has 2 aromatic carbocycles. The molecule has 2 nitrogen and oxygen atoms in total. The van der Waals surface area contributed by atoms with Gasteiger partial charge in [-0.2, -0.15) is 0 Å². The van der Waals surface area contributed by atoms with Crippen LogP contribution in [-0.4, -0.2) is 13.8 Å². The molecule has 0 bridgehead atoms. The van der Waals surface area contributed by atoms with E-state index in [9.17, 15) is 17.3 Å². The third-order valence-electron chi connectivity index (χ3n) is 4.23. The molecule has 1 aromatic heterocycles. The molecule has 3 aromatic rings. The first kappa shape index (κ1) is 25.2. The van der Waals surface area contributed by atoms with Gasteiger partial charge in [-0.3, -0.25) is 0 Å². The van der Waals surface area contributed by atoms with Gasteiger partial charge in [-0.05, 0) is 30.7 Å². The van der Waals surface area contributed by atoms with Crippen LogP contribution in [0.2, 0.25) is 5.02 Å². The molecule has 0 saturated carbocycles. The third kappa shape index (κ3) is 8.59. The molecule has 0 unspecified atom stereocenters. The van der Waals surface area contributed by atoms with E-state index in [0.29, 0.717) is 5.02 Å². The minimum atomic E-state index is -6.00. The Bertz CT molecular complexity index is 1160. The summed E-state index contributed by atoms with van der Waals surface area (Å²) >= 11 is 6.22. The van der Waals surface area contributed by atoms with Crippen molar-refractivity contribution in [3.05, 3.63) is 101 Å². The Morgan fingerprint density at radius 2 is 1.78 bits per heavy atom. The highest BCUT2D eigenvalue weighted by molar-refractivity contribution is 6.50. The highest BCUT2D eigenvalue weighted by Gasteiger charge is 2.20. The van der Waals surface area contributed by atoms with E-state index >= 15 is 0 Å². The van der Waals surface area contributed by atoms with Crippen molar-refractivity contribution in [2.45, 2.75) is 13.3 Å². The lowest BCUT2D eigenvalue weighted by atomic mass is 10.1. The Kier molecular flexibility index (Phi) is 9.53. The summed E-state index contributed by atoms with van der Waals surface area (Å²) in [4.78, 5) is 3.54. The van der Waals surface area contributed by atoms with Gasteiger partial charge < -0.3 is 21.7 Å². The van der Waals surface area contributed by atoms with Crippen molar-refractivity contribution < 1.29 is 26.7 Å². The van der Waals surface area contributed by atoms with Crippen LogP contribution in [0.4, 0.5) is 17.3 Å². The van der Waals surface area contributed by atoms with Crippen molar-refractivity contribution in [3.63, 3.8) is 0 Å². The summed E-state index contributed by atoms with van der Waals surface area (Å²) < 4.78 is 45.1. The third-order valence-corrected chi connectivity index (χ3v) is 4.46. The molecule has 1 N–H and O–H groups in total. The molecule has 1 heterocycles. The Balaban J connectivity index is 0.000000654. The first-order valence-electron chi connectivity index (χ1n) is 9.88. The second-order valence-electron chi connectivity index (χ2n) is 6.68. The minimum Gasteiger partial charge on any atom is -0.456 e. The first-order chi connectivity index (χ1) is 15.2. The summed E-state index contributed by atoms with van der Waals surface area (Å²) in [5.41, 5.74) is 3.07. The highest BCUT2D eigenvalue weighted by Crippen LogP contribution is 2.23. The Morgan fingerprint density at radius 1 is 1.09 bits per heavy atom. The van der Waals surface area contributed by atoms with Crippen molar-refractivity contribution >= 4 is 29.8 Å². The molecule has 8 heteroatoms. The van der Waals surface area contributed by atoms with Gasteiger partial charge in [0.2, 0.25) is 5.36 Å². The number of fused-ring (bicyclic) bond motifs is 1. The SMILES string of the molecule is C=CC=C(C=CC)CC[NH+]=c1cc(-c2ccccc2)oc2ccc(Cl)cc12.F[B-](F)(F)F. The fraction of sp³-hybridized carbons (Fsp3) is 0.125. The van der Waals surface area contributed by atoms with Crippen LogP contribution in [0.15, 0.2) is 95.5 Å². The normalized spacial score (nSPS) is 12.7. The van der Waals surface area contributed by atoms with Crippen LogP contribution in [0.5, 0.6) is 0 Å². The van der Waals surface area contributed by atoms with Crippen LogP contribution < -0.4 is 10.3 Å². The van der Waals surface area contributed by atoms with Gasteiger partial charge in [-0.1, -0.05) is 72.8 Å². The van der Waals surface area contributed by atoms with Gasteiger partial charge in [-0.25, -0.2) is 4.99 Å². The van der Waals surface area contributed by atoms with E-state index in [2.05, 4.69) is 17.6 Å². The quantitative estimate of drug-likeness (QED) is 0.266. The largest absolute Gasteiger partial charge is 0.673 e. The van der Waals surface area contributed by atoms with Crippen molar-refractivity contribution in [1.29, 1.82) is 0 Å². The van der Waals surface area contributed by atoms with Crippen molar-refractivity contribution in [2.24, 2.45) is 0 Å². The van der Waals surface area contributed by atoms with E-state index in [4.69, 9.17) is 16.0 Å². The Hall–Kier alpha value is -3.06. The zero-order chi connectivity index (χ0) is 23.6. The summed E-state index contributed by atoms with van der Waals surface area (Å²) in [7, 11) is -6.00. The van der Waals surface area contributed by atoms with Crippen LogP contribution in [0.1, 0.15) is 13.3 Å². The van der Waals surface area contributed by atoms with Crippen molar-refractivity contribution in [1.82, 2.24) is 0 Å². The lowest BCUT2D eigenvalue weighted by molar-refractivity contribution is -0.498. The van der Waals surface area contributed by atoms with Gasteiger partial charge in [-0.15, -0.1) is 0 Å². The summed E-state index contributed by atoms with van der Waals surface area (Å²) in [5, 5.41) is 2.67. The number of hydrogen-bond donors (Lipinski definition) is 1. The molecule has 0 aliphatic rings. The summed E-state index contributed by atoms with van der Waals surface area (Å²) in [6, 6.07) is 17.8. The monoisotopic (exact) mass is 463 g/mol. The van der Waals surface area contributed by atoms with Gasteiger partial charge in [0, 0.05) is 17.0 Å². The zero-order valence-electron chi connectivity index (χ0n) is 17.5. The second-order valence-corrected chi connectivity index (χ2v) is 7.12. The molecule has 168 valence electrons. The smallest absolute Gasteiger partial charge is 0.456 e. The maximum absolute atomic E-state index is 9.75. The fourth-order valence-corrected chi connectivity index (χ4v) is 3.15. The maximum Gasteiger partial charge on any atom is 0.673 e. The van der Waals surface area contributed by atoms with E-state index in [-0.39, 0.29) is 0 Å². The molecule has 0 aliphatic carbocycles. The Labute approximate surface area is 189 Å². The molecule has 0 spiro atoms. The van der Waals surface area contributed by atoms with Crippen LogP contribution in [-0.2, 0) is 0 Å². The van der Waals surface area contributed by atoms with Gasteiger partial charge >= 0.3 is 7.25 Å². The van der Waals surface area contributed by atoms with Gasteiger partial charge in [0.05, 0.1) is 11.5 Å². The second kappa shape index (κ2) is 12.1. The predicted octanol–water partition coefficient (Wildman–Crippen LogP) is 6.11. The summed E-state index contributed by atoms with van der Waals surface area (Å²) in [5.74, 6) is 0.822. The molecule has 0 aliphatic heterocycles. The molecule has 32 heavy (non-hydrogen) atoms. The van der Waals surface area contributed by atoms with Gasteiger partial charge in [0.1, 0.15) is 17.9 Å². The molecule has 0 amide bonds. The molecular weight excluding hydrogens is 441 g/mol. The van der Waals surface area contributed by atoms with Crippen LogP contribution in [0.25, 0.3) is 22.3 Å². The number of benzene rings is 2. The highest BCUT2D eigenvalue weighted by atomic mass is 35.5. The minimum absolute atomic E-state index is 0.689. The van der Waals surface area contributed by atoms with E-state index < -0.39 is 7.25 Å². The lowest BCUT2D eigenvalue weighted by Crippen LogP contribution is -2.76. The number of nitrogens with one attached hydrogen (secondary N) is 1. The summed E-state index contributed by atoms with van der Waals surface area (Å²) in [6.07, 6.45) is 8.89. The molecule has 0 saturated heterocycles. The van der Waals surface area contributed by atoms with Crippen LogP contribution in [0.3, 0.4) is 0 Å². The van der Waals surface area contributed by atoms with E-state index in [1.54, 1.807) is 0 Å². The number of rotatable bonds is 6. The van der Waals surface area contributed by atoms with Crippen LogP contribution >= 0.6 is 11.6 Å².